The molecule has 4 nitrogen and oxygen atoms in total. The molecule has 5 heteroatoms. The number of methoxy groups -OCH3 is 1. The fourth-order valence-corrected chi connectivity index (χ4v) is 1.57. The van der Waals surface area contributed by atoms with Crippen LogP contribution in [0.5, 0.6) is 5.75 Å². The first kappa shape index (κ1) is 10.7. The molecule has 1 N–H and O–H groups in total. The van der Waals surface area contributed by atoms with Crippen LogP contribution in [0.3, 0.4) is 0 Å². The Morgan fingerprint density at radius 1 is 1.56 bits per heavy atom. The van der Waals surface area contributed by atoms with Crippen molar-refractivity contribution >= 4 is 11.7 Å². The van der Waals surface area contributed by atoms with Crippen molar-refractivity contribution in [3.8, 4) is 5.75 Å². The van der Waals surface area contributed by atoms with Crippen LogP contribution in [0.25, 0.3) is 0 Å². The molecule has 0 radical (unpaired) electrons. The molecule has 1 aromatic rings. The zero-order chi connectivity index (χ0) is 11.7. The number of hydrogen-bond acceptors (Lipinski definition) is 4. The molecule has 1 aliphatic heterocycles. The van der Waals surface area contributed by atoms with Gasteiger partial charge in [-0.25, -0.2) is 4.79 Å². The lowest BCUT2D eigenvalue weighted by molar-refractivity contribution is 0.0458. The van der Waals surface area contributed by atoms with Crippen LogP contribution in [0.1, 0.15) is 17.3 Å². The Kier molecular flexibility index (Phi) is 2.68. The molecule has 0 spiro atoms. The maximum Gasteiger partial charge on any atom is 0.340 e. The van der Waals surface area contributed by atoms with Crippen molar-refractivity contribution in [1.29, 1.82) is 0 Å². The second-order valence-electron chi connectivity index (χ2n) is 3.57. The zero-order valence-electron chi connectivity index (χ0n) is 8.99. The second-order valence-corrected chi connectivity index (χ2v) is 3.57. The number of para-hydroxylation sites is 1. The molecule has 1 aliphatic rings. The van der Waals surface area contributed by atoms with E-state index in [4.69, 9.17) is 4.74 Å². The lowest BCUT2D eigenvalue weighted by Crippen LogP contribution is -2.36. The van der Waals surface area contributed by atoms with E-state index >= 15 is 0 Å². The number of fused-ring (bicyclic) bond motifs is 1. The molecule has 0 saturated carbocycles. The molecule has 2 atom stereocenters. The van der Waals surface area contributed by atoms with Crippen molar-refractivity contribution < 1.29 is 18.7 Å². The molecule has 1 aromatic carbocycles. The van der Waals surface area contributed by atoms with Crippen LogP contribution in [0.4, 0.5) is 10.1 Å². The Morgan fingerprint density at radius 2 is 2.31 bits per heavy atom. The predicted octanol–water partition coefficient (Wildman–Crippen LogP) is 1.96. The lowest BCUT2D eigenvalue weighted by atomic mass is 10.1. The first-order chi connectivity index (χ1) is 7.63. The Morgan fingerprint density at radius 3 is 3.00 bits per heavy atom. The quantitative estimate of drug-likeness (QED) is 0.742. The van der Waals surface area contributed by atoms with Gasteiger partial charge in [-0.1, -0.05) is 6.07 Å². The van der Waals surface area contributed by atoms with Crippen LogP contribution < -0.4 is 10.1 Å². The number of carbonyl (C=O) groups excluding carboxylic acids is 1. The van der Waals surface area contributed by atoms with Crippen LogP contribution in [0, 0.1) is 0 Å². The minimum Gasteiger partial charge on any atom is -0.465 e. The summed E-state index contributed by atoms with van der Waals surface area (Å²) in [5.74, 6) is -0.147. The van der Waals surface area contributed by atoms with Gasteiger partial charge in [-0.3, -0.25) is 0 Å². The summed E-state index contributed by atoms with van der Waals surface area (Å²) in [6, 6.07) is 4.33. The molecule has 0 aliphatic carbocycles. The maximum atomic E-state index is 13.3. The normalized spacial score (nSPS) is 22.7. The highest BCUT2D eigenvalue weighted by molar-refractivity contribution is 5.97. The maximum absolute atomic E-state index is 13.3. The van der Waals surface area contributed by atoms with Gasteiger partial charge in [-0.15, -0.1) is 0 Å². The van der Waals surface area contributed by atoms with Gasteiger partial charge in [0.05, 0.1) is 24.4 Å². The number of nitrogens with one attached hydrogen (secondary N) is 1. The van der Waals surface area contributed by atoms with E-state index in [1.807, 2.05) is 0 Å². The molecule has 0 fully saturated rings. The van der Waals surface area contributed by atoms with Gasteiger partial charge >= 0.3 is 5.97 Å². The second kappa shape index (κ2) is 4.00. The van der Waals surface area contributed by atoms with Gasteiger partial charge in [0, 0.05) is 0 Å². The lowest BCUT2D eigenvalue weighted by Gasteiger charge is -2.29. The van der Waals surface area contributed by atoms with Crippen molar-refractivity contribution in [2.45, 2.75) is 19.3 Å². The van der Waals surface area contributed by atoms with Gasteiger partial charge in [0.1, 0.15) is 5.75 Å². The highest BCUT2D eigenvalue weighted by Gasteiger charge is 2.28. The molecule has 16 heavy (non-hydrogen) atoms. The molecule has 0 bridgehead atoms. The minimum atomic E-state index is -1.42. The van der Waals surface area contributed by atoms with Gasteiger partial charge < -0.3 is 14.8 Å². The number of halogens is 1. The summed E-state index contributed by atoms with van der Waals surface area (Å²) in [6.45, 7) is 1.64. The van der Waals surface area contributed by atoms with E-state index in [0.29, 0.717) is 17.0 Å². The van der Waals surface area contributed by atoms with Crippen LogP contribution in [-0.2, 0) is 4.74 Å². The number of hydrogen-bond donors (Lipinski definition) is 1. The number of rotatable bonds is 1. The number of carbonyl (C=O) groups is 1. The van der Waals surface area contributed by atoms with Crippen molar-refractivity contribution in [2.24, 2.45) is 0 Å². The Bertz CT molecular complexity index is 422. The van der Waals surface area contributed by atoms with Gasteiger partial charge in [0.2, 0.25) is 0 Å². The van der Waals surface area contributed by atoms with E-state index in [1.54, 1.807) is 25.1 Å². The summed E-state index contributed by atoms with van der Waals surface area (Å²) in [4.78, 5) is 11.5. The van der Waals surface area contributed by atoms with Gasteiger partial charge in [-0.2, -0.15) is 4.39 Å². The number of ether oxygens (including phenoxy) is 2. The number of esters is 1. The largest absolute Gasteiger partial charge is 0.465 e. The van der Waals surface area contributed by atoms with E-state index in [1.165, 1.54) is 7.11 Å². The van der Waals surface area contributed by atoms with Crippen molar-refractivity contribution in [3.05, 3.63) is 23.8 Å². The van der Waals surface area contributed by atoms with E-state index in [9.17, 15) is 9.18 Å². The minimum absolute atomic E-state index is 0.327. The fraction of sp³-hybridized carbons (Fsp3) is 0.364. The summed E-state index contributed by atoms with van der Waals surface area (Å²) in [5.41, 5.74) is 0.828. The summed E-state index contributed by atoms with van der Waals surface area (Å²) < 4.78 is 22.9. The third kappa shape index (κ3) is 1.68. The van der Waals surface area contributed by atoms with E-state index in [2.05, 4.69) is 10.1 Å². The Labute approximate surface area is 92.4 Å². The van der Waals surface area contributed by atoms with E-state index in [-0.39, 0.29) is 0 Å². The standard InChI is InChI=1S/C11H12FNO3/c1-6-10(12)16-8-5-3-4-7(9(8)13-6)11(14)15-2/h3-6,10,13H,1-2H3. The highest BCUT2D eigenvalue weighted by Crippen LogP contribution is 2.34. The topological polar surface area (TPSA) is 47.6 Å². The van der Waals surface area contributed by atoms with Crippen LogP contribution in [-0.4, -0.2) is 25.5 Å². The molecular weight excluding hydrogens is 213 g/mol. The average Bonchev–Trinajstić information content (AvgIpc) is 2.29. The summed E-state index contributed by atoms with van der Waals surface area (Å²) in [5, 5.41) is 2.89. The molecule has 0 saturated heterocycles. The Balaban J connectivity index is 2.44. The van der Waals surface area contributed by atoms with Crippen LogP contribution in [0.2, 0.25) is 0 Å². The predicted molar refractivity (Wildman–Crippen MR) is 56.4 cm³/mol. The monoisotopic (exact) mass is 225 g/mol. The molecule has 0 aromatic heterocycles. The summed E-state index contributed by atoms with van der Waals surface area (Å²) in [6.07, 6.45) is -1.42. The third-order valence-electron chi connectivity index (χ3n) is 2.44. The van der Waals surface area contributed by atoms with E-state index in [0.717, 1.165) is 0 Å². The molecule has 2 unspecified atom stereocenters. The van der Waals surface area contributed by atoms with Crippen LogP contribution in [0.15, 0.2) is 18.2 Å². The van der Waals surface area contributed by atoms with Crippen molar-refractivity contribution in [1.82, 2.24) is 0 Å². The average molecular weight is 225 g/mol. The number of benzene rings is 1. The summed E-state index contributed by atoms with van der Waals surface area (Å²) in [7, 11) is 1.30. The molecule has 1 heterocycles. The first-order valence-corrected chi connectivity index (χ1v) is 4.92. The first-order valence-electron chi connectivity index (χ1n) is 4.92. The smallest absolute Gasteiger partial charge is 0.340 e. The SMILES string of the molecule is COC(=O)c1cccc2c1NC(C)C(F)O2. The van der Waals surface area contributed by atoms with E-state index < -0.39 is 18.4 Å². The van der Waals surface area contributed by atoms with Crippen molar-refractivity contribution in [3.63, 3.8) is 0 Å². The molecule has 0 amide bonds. The number of alkyl halides is 1. The van der Waals surface area contributed by atoms with Gasteiger partial charge in [0.25, 0.3) is 6.36 Å². The summed E-state index contributed by atoms with van der Waals surface area (Å²) >= 11 is 0. The number of anilines is 1. The van der Waals surface area contributed by atoms with Crippen molar-refractivity contribution in [2.75, 3.05) is 12.4 Å². The Hall–Kier alpha value is -1.78. The van der Waals surface area contributed by atoms with Crippen LogP contribution >= 0.6 is 0 Å². The molecule has 2 rings (SSSR count). The fourth-order valence-electron chi connectivity index (χ4n) is 1.57. The third-order valence-corrected chi connectivity index (χ3v) is 2.44. The van der Waals surface area contributed by atoms with Gasteiger partial charge in [0.15, 0.2) is 0 Å². The molecular formula is C11H12FNO3. The zero-order valence-corrected chi connectivity index (χ0v) is 8.99. The van der Waals surface area contributed by atoms with Gasteiger partial charge in [-0.05, 0) is 19.1 Å². The molecule has 86 valence electrons. The highest BCUT2D eigenvalue weighted by atomic mass is 19.1.